The number of hydrogen-bond donors (Lipinski definition) is 1. The number of likely N-dealkylation sites (N-methyl/N-ethyl adjacent to an activating group) is 1. The van der Waals surface area contributed by atoms with Crippen molar-refractivity contribution in [3.8, 4) is 5.75 Å². The number of nitrogens with one attached hydrogen (secondary N) is 1. The van der Waals surface area contributed by atoms with Gasteiger partial charge in [-0.3, -0.25) is 9.59 Å². The molecule has 0 heterocycles. The lowest BCUT2D eigenvalue weighted by molar-refractivity contribution is -0.134. The van der Waals surface area contributed by atoms with E-state index in [2.05, 4.69) is 5.32 Å². The number of ether oxygens (including phenoxy) is 1. The van der Waals surface area contributed by atoms with Crippen molar-refractivity contribution in [3.63, 3.8) is 0 Å². The van der Waals surface area contributed by atoms with Crippen LogP contribution in [-0.4, -0.2) is 36.9 Å². The largest absolute Gasteiger partial charge is 0.497 e. The molecular weight excluding hydrogens is 387 g/mol. The minimum Gasteiger partial charge on any atom is -0.497 e. The Morgan fingerprint density at radius 1 is 1.07 bits per heavy atom. The molecule has 0 spiro atoms. The van der Waals surface area contributed by atoms with Gasteiger partial charge in [0.05, 0.1) is 29.4 Å². The van der Waals surface area contributed by atoms with Gasteiger partial charge >= 0.3 is 0 Å². The van der Waals surface area contributed by atoms with Crippen molar-refractivity contribution in [2.24, 2.45) is 0 Å². The maximum atomic E-state index is 12.5. The first-order chi connectivity index (χ1) is 12.9. The molecule has 1 N–H and O–H groups in total. The number of nitrogens with zero attached hydrogens (tertiary/aromatic N) is 1. The average Bonchev–Trinajstić information content (AvgIpc) is 2.67. The molecule has 2 aromatic carbocycles. The quantitative estimate of drug-likeness (QED) is 0.702. The Labute approximate surface area is 169 Å². The summed E-state index contributed by atoms with van der Waals surface area (Å²) in [5.74, 6) is 0.341. The van der Waals surface area contributed by atoms with Crippen LogP contribution in [0.25, 0.3) is 0 Å². The van der Waals surface area contributed by atoms with E-state index in [9.17, 15) is 9.59 Å². The van der Waals surface area contributed by atoms with Gasteiger partial charge in [-0.05, 0) is 43.2 Å². The number of methoxy groups -OCH3 is 1. The molecule has 0 aliphatic carbocycles. The zero-order valence-electron chi connectivity index (χ0n) is 15.3. The Balaban J connectivity index is 1.90. The Morgan fingerprint density at radius 2 is 1.70 bits per heavy atom. The topological polar surface area (TPSA) is 58.6 Å². The molecule has 0 saturated heterocycles. The van der Waals surface area contributed by atoms with Gasteiger partial charge in [0.1, 0.15) is 5.75 Å². The summed E-state index contributed by atoms with van der Waals surface area (Å²) in [6.45, 7) is 2.21. The molecular formula is C20H22Cl2N2O3. The van der Waals surface area contributed by atoms with Crippen LogP contribution < -0.4 is 10.1 Å². The normalized spacial score (nSPS) is 10.4. The van der Waals surface area contributed by atoms with E-state index in [1.165, 1.54) is 4.90 Å². The summed E-state index contributed by atoms with van der Waals surface area (Å²) >= 11 is 12.1. The Bertz CT molecular complexity index is 774. The molecule has 0 radical (unpaired) electrons. The van der Waals surface area contributed by atoms with E-state index in [4.69, 9.17) is 27.9 Å². The molecule has 0 atom stereocenters. The molecule has 0 unspecified atom stereocenters. The summed E-state index contributed by atoms with van der Waals surface area (Å²) in [6, 6.07) is 12.5. The van der Waals surface area contributed by atoms with Crippen LogP contribution >= 0.6 is 23.2 Å². The Hall–Kier alpha value is -2.24. The smallest absolute Gasteiger partial charge is 0.244 e. The van der Waals surface area contributed by atoms with E-state index in [-0.39, 0.29) is 18.4 Å². The third-order valence-electron chi connectivity index (χ3n) is 4.08. The van der Waals surface area contributed by atoms with Gasteiger partial charge in [-0.25, -0.2) is 0 Å². The highest BCUT2D eigenvalue weighted by Crippen LogP contribution is 2.29. The summed E-state index contributed by atoms with van der Waals surface area (Å²) < 4.78 is 5.12. The van der Waals surface area contributed by atoms with E-state index in [0.29, 0.717) is 35.1 Å². The summed E-state index contributed by atoms with van der Waals surface area (Å²) in [7, 11) is 1.61. The minimum absolute atomic E-state index is 0.0561. The van der Waals surface area contributed by atoms with E-state index >= 15 is 0 Å². The number of benzene rings is 2. The molecule has 7 heteroatoms. The molecule has 2 rings (SSSR count). The molecule has 0 aliphatic rings. The van der Waals surface area contributed by atoms with Crippen LogP contribution in [0.1, 0.15) is 18.9 Å². The van der Waals surface area contributed by atoms with Crippen molar-refractivity contribution >= 4 is 40.7 Å². The summed E-state index contributed by atoms with van der Waals surface area (Å²) in [5.41, 5.74) is 1.39. The Morgan fingerprint density at radius 3 is 2.26 bits per heavy atom. The highest BCUT2D eigenvalue weighted by atomic mass is 35.5. The van der Waals surface area contributed by atoms with Crippen molar-refractivity contribution in [2.75, 3.05) is 25.5 Å². The van der Waals surface area contributed by atoms with Gasteiger partial charge in [-0.2, -0.15) is 0 Å². The van der Waals surface area contributed by atoms with Crippen LogP contribution in [0.4, 0.5) is 5.69 Å². The van der Waals surface area contributed by atoms with Crippen molar-refractivity contribution in [3.05, 3.63) is 58.1 Å². The number of anilines is 1. The average molecular weight is 409 g/mol. The second kappa shape index (κ2) is 10.2. The van der Waals surface area contributed by atoms with Crippen LogP contribution in [-0.2, 0) is 16.0 Å². The third kappa shape index (κ3) is 6.15. The van der Waals surface area contributed by atoms with Crippen LogP contribution in [0.15, 0.2) is 42.5 Å². The maximum absolute atomic E-state index is 12.5. The molecule has 2 aromatic rings. The molecule has 0 fully saturated rings. The molecule has 0 aliphatic heterocycles. The van der Waals surface area contributed by atoms with Crippen LogP contribution in [0.2, 0.25) is 10.0 Å². The molecule has 144 valence electrons. The van der Waals surface area contributed by atoms with Gasteiger partial charge < -0.3 is 15.0 Å². The first-order valence-electron chi connectivity index (χ1n) is 8.59. The molecule has 0 bridgehead atoms. The van der Waals surface area contributed by atoms with Crippen LogP contribution in [0.5, 0.6) is 5.75 Å². The summed E-state index contributed by atoms with van der Waals surface area (Å²) in [4.78, 5) is 26.3. The second-order valence-corrected chi connectivity index (χ2v) is 6.72. The van der Waals surface area contributed by atoms with Crippen molar-refractivity contribution in [1.82, 2.24) is 4.90 Å². The van der Waals surface area contributed by atoms with Gasteiger partial charge in [-0.1, -0.05) is 41.4 Å². The van der Waals surface area contributed by atoms with Gasteiger partial charge in [-0.15, -0.1) is 0 Å². The van der Waals surface area contributed by atoms with E-state index in [1.54, 1.807) is 25.3 Å². The molecule has 27 heavy (non-hydrogen) atoms. The zero-order valence-corrected chi connectivity index (χ0v) is 16.8. The number of amides is 2. The lowest BCUT2D eigenvalue weighted by atomic mass is 10.1. The fourth-order valence-corrected chi connectivity index (χ4v) is 3.04. The fraction of sp³-hybridized carbons (Fsp3) is 0.300. The third-order valence-corrected chi connectivity index (χ3v) is 4.71. The molecule has 5 nitrogen and oxygen atoms in total. The van der Waals surface area contributed by atoms with Gasteiger partial charge in [0.15, 0.2) is 0 Å². The highest BCUT2D eigenvalue weighted by molar-refractivity contribution is 6.39. The minimum atomic E-state index is -0.343. The molecule has 2 amide bonds. The predicted octanol–water partition coefficient (Wildman–Crippen LogP) is 4.42. The number of para-hydroxylation sites is 1. The number of carbonyl (C=O) groups is 2. The number of halogens is 2. The summed E-state index contributed by atoms with van der Waals surface area (Å²) in [5, 5.41) is 3.38. The monoisotopic (exact) mass is 408 g/mol. The lowest BCUT2D eigenvalue weighted by Crippen LogP contribution is -2.38. The Kier molecular flexibility index (Phi) is 7.95. The number of hydrogen-bond acceptors (Lipinski definition) is 3. The first kappa shape index (κ1) is 21.1. The van der Waals surface area contributed by atoms with E-state index in [0.717, 1.165) is 11.3 Å². The highest BCUT2D eigenvalue weighted by Gasteiger charge is 2.17. The zero-order chi connectivity index (χ0) is 19.8. The van der Waals surface area contributed by atoms with Gasteiger partial charge in [0, 0.05) is 13.0 Å². The summed E-state index contributed by atoms with van der Waals surface area (Å²) in [6.07, 6.45) is 0.914. The number of carbonyl (C=O) groups excluding carboxylic acids is 2. The van der Waals surface area contributed by atoms with Gasteiger partial charge in [0.2, 0.25) is 11.8 Å². The van der Waals surface area contributed by atoms with Gasteiger partial charge in [0.25, 0.3) is 0 Å². The predicted molar refractivity (Wildman–Crippen MR) is 109 cm³/mol. The van der Waals surface area contributed by atoms with E-state index < -0.39 is 0 Å². The van der Waals surface area contributed by atoms with Crippen LogP contribution in [0, 0.1) is 0 Å². The number of rotatable bonds is 8. The van der Waals surface area contributed by atoms with Crippen molar-refractivity contribution in [1.29, 1.82) is 0 Å². The van der Waals surface area contributed by atoms with Crippen LogP contribution in [0.3, 0.4) is 0 Å². The van der Waals surface area contributed by atoms with Crippen molar-refractivity contribution < 1.29 is 14.3 Å². The second-order valence-electron chi connectivity index (χ2n) is 5.90. The maximum Gasteiger partial charge on any atom is 0.244 e. The lowest BCUT2D eigenvalue weighted by Gasteiger charge is -2.21. The number of aryl methyl sites for hydroxylation is 1. The standard InChI is InChI=1S/C20H22Cl2N2O3/c1-3-24(13-18(25)23-20-16(21)5-4-6-17(20)22)19(26)12-9-14-7-10-15(27-2)11-8-14/h4-8,10-11H,3,9,12-13H2,1-2H3,(H,23,25). The SMILES string of the molecule is CCN(CC(=O)Nc1c(Cl)cccc1Cl)C(=O)CCc1ccc(OC)cc1. The molecule has 0 saturated carbocycles. The van der Waals surface area contributed by atoms with E-state index in [1.807, 2.05) is 31.2 Å². The van der Waals surface area contributed by atoms with Crippen molar-refractivity contribution in [2.45, 2.75) is 19.8 Å². The first-order valence-corrected chi connectivity index (χ1v) is 9.34. The fourth-order valence-electron chi connectivity index (χ4n) is 2.55. The molecule has 0 aromatic heterocycles.